The molecule has 0 bridgehead atoms. The molecule has 7 heteroatoms. The maximum atomic E-state index is 4.99. The van der Waals surface area contributed by atoms with Crippen molar-refractivity contribution >= 4 is 50.4 Å². The van der Waals surface area contributed by atoms with Crippen molar-refractivity contribution in [2.45, 2.75) is 6.42 Å². The van der Waals surface area contributed by atoms with Gasteiger partial charge in [-0.2, -0.15) is 0 Å². The van der Waals surface area contributed by atoms with Gasteiger partial charge < -0.3 is 9.29 Å². The smallest absolute Gasteiger partial charge is 0.156 e. The molecule has 0 amide bonds. The first-order valence-corrected chi connectivity index (χ1v) is 11.4. The number of benzene rings is 2. The highest BCUT2D eigenvalue weighted by atomic mass is 32.2. The van der Waals surface area contributed by atoms with Gasteiger partial charge in [-0.15, -0.1) is 11.3 Å². The molecule has 1 fully saturated rings. The average Bonchev–Trinajstić information content (AvgIpc) is 3.53. The lowest BCUT2D eigenvalue weighted by molar-refractivity contribution is 0.989. The van der Waals surface area contributed by atoms with Gasteiger partial charge >= 0.3 is 0 Å². The molecule has 2 aromatic carbocycles. The van der Waals surface area contributed by atoms with Crippen molar-refractivity contribution in [2.75, 3.05) is 16.6 Å². The fourth-order valence-corrected chi connectivity index (χ4v) is 5.46. The minimum absolute atomic E-state index is 0.805. The van der Waals surface area contributed by atoms with Gasteiger partial charge in [0.1, 0.15) is 5.52 Å². The monoisotopic (exact) mass is 415 g/mol. The molecule has 0 saturated carbocycles. The predicted octanol–water partition coefficient (Wildman–Crippen LogP) is 5.76. The molecule has 0 radical (unpaired) electrons. The highest BCUT2D eigenvalue weighted by molar-refractivity contribution is 8.00. The van der Waals surface area contributed by atoms with E-state index in [0.717, 1.165) is 45.6 Å². The van der Waals surface area contributed by atoms with E-state index < -0.39 is 0 Å². The van der Waals surface area contributed by atoms with E-state index in [0.29, 0.717) is 0 Å². The van der Waals surface area contributed by atoms with Crippen molar-refractivity contribution in [2.24, 2.45) is 0 Å². The van der Waals surface area contributed by atoms with Gasteiger partial charge in [-0.3, -0.25) is 0 Å². The summed E-state index contributed by atoms with van der Waals surface area (Å²) in [4.78, 5) is 17.3. The topological polar surface area (TPSA) is 57.7 Å². The van der Waals surface area contributed by atoms with Crippen molar-refractivity contribution in [3.8, 4) is 22.4 Å². The second-order valence-corrected chi connectivity index (χ2v) is 9.02. The van der Waals surface area contributed by atoms with Crippen LogP contribution in [0.4, 0.5) is 5.69 Å². The summed E-state index contributed by atoms with van der Waals surface area (Å²) in [5.74, 6) is 1.19. The number of H-pyrrole nitrogens is 1. The summed E-state index contributed by atoms with van der Waals surface area (Å²) in [6.07, 6.45) is 5.08. The Morgan fingerprint density at radius 2 is 2.03 bits per heavy atom. The predicted molar refractivity (Wildman–Crippen MR) is 122 cm³/mol. The maximum Gasteiger partial charge on any atom is 0.156 e. The van der Waals surface area contributed by atoms with Crippen LogP contribution in [0.1, 0.15) is 6.42 Å². The minimum Gasteiger partial charge on any atom is -0.344 e. The van der Waals surface area contributed by atoms with Gasteiger partial charge in [-0.1, -0.05) is 18.2 Å². The fourth-order valence-electron chi connectivity index (χ4n) is 3.74. The van der Waals surface area contributed by atoms with Crippen LogP contribution < -0.4 is 4.31 Å². The summed E-state index contributed by atoms with van der Waals surface area (Å²) in [5, 5.41) is 0. The van der Waals surface area contributed by atoms with Crippen molar-refractivity contribution in [3.63, 3.8) is 0 Å². The summed E-state index contributed by atoms with van der Waals surface area (Å²) in [6.45, 7) is 1.10. The lowest BCUT2D eigenvalue weighted by Gasteiger charge is -2.16. The molecular formula is C22H17N5S2. The summed E-state index contributed by atoms with van der Waals surface area (Å²) >= 11 is 3.55. The van der Waals surface area contributed by atoms with Gasteiger partial charge in [-0.25, -0.2) is 15.0 Å². The van der Waals surface area contributed by atoms with Gasteiger partial charge in [0.25, 0.3) is 0 Å². The Hall–Kier alpha value is -2.90. The number of thiazole rings is 1. The van der Waals surface area contributed by atoms with Crippen LogP contribution in [0.3, 0.4) is 0 Å². The molecular weight excluding hydrogens is 398 g/mol. The van der Waals surface area contributed by atoms with E-state index in [-0.39, 0.29) is 0 Å². The van der Waals surface area contributed by atoms with Gasteiger partial charge in [0.15, 0.2) is 5.65 Å². The van der Waals surface area contributed by atoms with Crippen molar-refractivity contribution in [3.05, 3.63) is 60.4 Å². The Morgan fingerprint density at radius 3 is 2.97 bits per heavy atom. The third-order valence-corrected chi connectivity index (χ3v) is 7.17. The zero-order chi connectivity index (χ0) is 19.2. The highest BCUT2D eigenvalue weighted by Gasteiger charge is 2.15. The lowest BCUT2D eigenvalue weighted by Crippen LogP contribution is -2.08. The molecule has 5 nitrogen and oxygen atoms in total. The Labute approximate surface area is 176 Å². The average molecular weight is 416 g/mol. The number of aromatic nitrogens is 4. The van der Waals surface area contributed by atoms with Crippen LogP contribution in [-0.4, -0.2) is 32.2 Å². The van der Waals surface area contributed by atoms with E-state index in [4.69, 9.17) is 4.98 Å². The number of nitrogens with one attached hydrogen (secondary N) is 1. The van der Waals surface area contributed by atoms with Gasteiger partial charge in [0.05, 0.1) is 27.6 Å². The summed E-state index contributed by atoms with van der Waals surface area (Å²) < 4.78 is 3.54. The molecule has 3 aromatic heterocycles. The number of hydrogen-bond acceptors (Lipinski definition) is 6. The molecule has 0 unspecified atom stereocenters. The molecule has 5 aromatic rings. The molecule has 29 heavy (non-hydrogen) atoms. The molecule has 1 saturated heterocycles. The van der Waals surface area contributed by atoms with E-state index in [1.54, 1.807) is 11.3 Å². The molecule has 1 N–H and O–H groups in total. The second-order valence-electron chi connectivity index (χ2n) is 7.03. The molecule has 0 aliphatic carbocycles. The molecule has 142 valence electrons. The van der Waals surface area contributed by atoms with Crippen molar-refractivity contribution in [1.29, 1.82) is 0 Å². The second kappa shape index (κ2) is 6.86. The van der Waals surface area contributed by atoms with E-state index in [1.165, 1.54) is 22.6 Å². The molecule has 1 aliphatic heterocycles. The zero-order valence-corrected chi connectivity index (χ0v) is 17.1. The summed E-state index contributed by atoms with van der Waals surface area (Å²) in [7, 11) is 0. The van der Waals surface area contributed by atoms with Crippen LogP contribution in [0.25, 0.3) is 43.8 Å². The van der Waals surface area contributed by atoms with Crippen LogP contribution in [0.5, 0.6) is 0 Å². The number of fused-ring (bicyclic) bond motifs is 2. The third kappa shape index (κ3) is 2.97. The zero-order valence-electron chi connectivity index (χ0n) is 15.5. The SMILES string of the molecule is c1cc(-c2cnc3[nH]cc(-c4ccc5ncsc5c4)c3n2)cc(N2CCCS2)c1. The quantitative estimate of drug-likeness (QED) is 0.380. The van der Waals surface area contributed by atoms with Gasteiger partial charge in [0, 0.05) is 35.3 Å². The Morgan fingerprint density at radius 1 is 1.03 bits per heavy atom. The molecule has 0 atom stereocenters. The summed E-state index contributed by atoms with van der Waals surface area (Å²) in [5.41, 5.74) is 10.0. The highest BCUT2D eigenvalue weighted by Crippen LogP contribution is 2.33. The maximum absolute atomic E-state index is 4.99. The normalized spacial score (nSPS) is 14.3. The van der Waals surface area contributed by atoms with Gasteiger partial charge in [0.2, 0.25) is 0 Å². The minimum atomic E-state index is 0.805. The van der Waals surface area contributed by atoms with Crippen LogP contribution in [0, 0.1) is 0 Å². The first-order valence-electron chi connectivity index (χ1n) is 9.54. The van der Waals surface area contributed by atoms with Crippen LogP contribution in [-0.2, 0) is 0 Å². The van der Waals surface area contributed by atoms with Crippen LogP contribution in [0.2, 0.25) is 0 Å². The van der Waals surface area contributed by atoms with E-state index in [2.05, 4.69) is 61.7 Å². The van der Waals surface area contributed by atoms with E-state index >= 15 is 0 Å². The van der Waals surface area contributed by atoms with Crippen LogP contribution >= 0.6 is 23.3 Å². The largest absolute Gasteiger partial charge is 0.344 e. The van der Waals surface area contributed by atoms with Crippen molar-refractivity contribution in [1.82, 2.24) is 19.9 Å². The Bertz CT molecular complexity index is 1330. The Kier molecular flexibility index (Phi) is 4.02. The molecule has 0 spiro atoms. The van der Waals surface area contributed by atoms with Crippen molar-refractivity contribution < 1.29 is 0 Å². The van der Waals surface area contributed by atoms with E-state index in [1.807, 2.05) is 29.9 Å². The summed E-state index contributed by atoms with van der Waals surface area (Å²) in [6, 6.07) is 14.9. The standard InChI is InChI=1S/C22H17N5S2/c1-3-15(9-16(4-1)27-7-2-8-29-27)19-12-24-22-21(26-19)17(11-23-22)14-5-6-18-20(10-14)28-13-25-18/h1,3-6,9-13H,2,7-8H2,(H,23,24). The number of rotatable bonds is 3. The molecule has 4 heterocycles. The third-order valence-electron chi connectivity index (χ3n) is 5.21. The number of hydrogen-bond donors (Lipinski definition) is 1. The van der Waals surface area contributed by atoms with Crippen LogP contribution in [0.15, 0.2) is 60.4 Å². The molecule has 6 rings (SSSR count). The van der Waals surface area contributed by atoms with E-state index in [9.17, 15) is 0 Å². The number of aromatic amines is 1. The molecule has 1 aliphatic rings. The first-order chi connectivity index (χ1) is 14.3. The lowest BCUT2D eigenvalue weighted by atomic mass is 10.1. The number of nitrogens with zero attached hydrogens (tertiary/aromatic N) is 4. The Balaban J connectivity index is 1.44. The fraction of sp³-hybridized carbons (Fsp3) is 0.136. The number of anilines is 1. The van der Waals surface area contributed by atoms with Gasteiger partial charge in [-0.05, 0) is 48.2 Å². The first kappa shape index (κ1) is 17.0.